The van der Waals surface area contributed by atoms with Crippen molar-refractivity contribution in [3.8, 4) is 0 Å². The first-order chi connectivity index (χ1) is 8.13. The van der Waals surface area contributed by atoms with Crippen LogP contribution < -0.4 is 0 Å². The second-order valence-electron chi connectivity index (χ2n) is 3.80. The molecule has 1 amide bonds. The number of thiophene rings is 1. The van der Waals surface area contributed by atoms with E-state index in [1.165, 1.54) is 11.3 Å². The van der Waals surface area contributed by atoms with E-state index in [1.807, 2.05) is 16.3 Å². The van der Waals surface area contributed by atoms with Gasteiger partial charge in [0.1, 0.15) is 0 Å². The molecule has 1 rings (SSSR count). The van der Waals surface area contributed by atoms with Gasteiger partial charge in [-0.25, -0.2) is 0 Å². The monoisotopic (exact) mass is 337 g/mol. The highest BCUT2D eigenvalue weighted by molar-refractivity contribution is 9.11. The summed E-state index contributed by atoms with van der Waals surface area (Å²) in [6.07, 6.45) is 1.93. The predicted molar refractivity (Wildman–Crippen MR) is 78.1 cm³/mol. The van der Waals surface area contributed by atoms with Gasteiger partial charge in [-0.15, -0.1) is 22.9 Å². The van der Waals surface area contributed by atoms with Crippen LogP contribution >= 0.6 is 38.9 Å². The van der Waals surface area contributed by atoms with Crippen molar-refractivity contribution in [3.63, 3.8) is 0 Å². The standard InChI is InChI=1S/C12H17BrClNOS/c1-3-10(4-2)15(6-5-14)12(16)9-7-11(13)17-8-9/h7-8,10H,3-6H2,1-2H3. The number of nitrogens with zero attached hydrogens (tertiary/aromatic N) is 1. The number of halogens is 2. The average Bonchev–Trinajstić information content (AvgIpc) is 2.75. The molecule has 0 saturated heterocycles. The van der Waals surface area contributed by atoms with Gasteiger partial charge in [-0.05, 0) is 34.8 Å². The molecular formula is C12H17BrClNOS. The molecule has 0 atom stereocenters. The van der Waals surface area contributed by atoms with Crippen LogP contribution in [0, 0.1) is 0 Å². The lowest BCUT2D eigenvalue weighted by molar-refractivity contribution is 0.0682. The predicted octanol–water partition coefficient (Wildman–Crippen LogP) is 4.38. The minimum absolute atomic E-state index is 0.0845. The van der Waals surface area contributed by atoms with E-state index in [2.05, 4.69) is 29.8 Å². The Kier molecular flexibility index (Phi) is 6.52. The lowest BCUT2D eigenvalue weighted by Crippen LogP contribution is -2.40. The van der Waals surface area contributed by atoms with Gasteiger partial charge in [0, 0.05) is 23.8 Å². The summed E-state index contributed by atoms with van der Waals surface area (Å²) in [5.74, 6) is 0.564. The van der Waals surface area contributed by atoms with Crippen LogP contribution in [-0.2, 0) is 0 Å². The lowest BCUT2D eigenvalue weighted by atomic mass is 10.1. The van der Waals surface area contributed by atoms with E-state index in [9.17, 15) is 4.79 Å². The van der Waals surface area contributed by atoms with E-state index in [0.29, 0.717) is 12.4 Å². The molecule has 0 aromatic carbocycles. The molecule has 0 aliphatic rings. The summed E-state index contributed by atoms with van der Waals surface area (Å²) in [7, 11) is 0. The highest BCUT2D eigenvalue weighted by Gasteiger charge is 2.22. The van der Waals surface area contributed by atoms with E-state index in [-0.39, 0.29) is 11.9 Å². The summed E-state index contributed by atoms with van der Waals surface area (Å²) < 4.78 is 0.983. The summed E-state index contributed by atoms with van der Waals surface area (Å²) in [5, 5.41) is 1.88. The topological polar surface area (TPSA) is 20.3 Å². The molecule has 1 aromatic rings. The van der Waals surface area contributed by atoms with Crippen molar-refractivity contribution in [1.29, 1.82) is 0 Å². The smallest absolute Gasteiger partial charge is 0.255 e. The van der Waals surface area contributed by atoms with Crippen LogP contribution in [0.5, 0.6) is 0 Å². The van der Waals surface area contributed by atoms with Crippen LogP contribution in [0.3, 0.4) is 0 Å². The van der Waals surface area contributed by atoms with Gasteiger partial charge in [-0.1, -0.05) is 13.8 Å². The first kappa shape index (κ1) is 15.0. The number of carbonyl (C=O) groups is 1. The zero-order valence-electron chi connectivity index (χ0n) is 10.1. The Balaban J connectivity index is 2.86. The van der Waals surface area contributed by atoms with E-state index >= 15 is 0 Å². The number of carbonyl (C=O) groups excluding carboxylic acids is 1. The molecule has 0 unspecified atom stereocenters. The molecule has 0 aliphatic carbocycles. The Morgan fingerprint density at radius 3 is 2.59 bits per heavy atom. The zero-order valence-corrected chi connectivity index (χ0v) is 13.2. The van der Waals surface area contributed by atoms with Gasteiger partial charge in [-0.2, -0.15) is 0 Å². The van der Waals surface area contributed by atoms with E-state index in [4.69, 9.17) is 11.6 Å². The Morgan fingerprint density at radius 2 is 2.18 bits per heavy atom. The molecular weight excluding hydrogens is 322 g/mol. The molecule has 0 saturated carbocycles. The minimum atomic E-state index is 0.0845. The van der Waals surface area contributed by atoms with Crippen LogP contribution in [-0.4, -0.2) is 29.3 Å². The van der Waals surface area contributed by atoms with E-state index < -0.39 is 0 Å². The maximum atomic E-state index is 12.4. The third kappa shape index (κ3) is 3.97. The van der Waals surface area contributed by atoms with Gasteiger partial charge in [0.25, 0.3) is 5.91 Å². The molecule has 96 valence electrons. The lowest BCUT2D eigenvalue weighted by Gasteiger charge is -2.29. The highest BCUT2D eigenvalue weighted by Crippen LogP contribution is 2.23. The molecule has 1 heterocycles. The van der Waals surface area contributed by atoms with Crippen LogP contribution in [0.1, 0.15) is 37.0 Å². The number of hydrogen-bond donors (Lipinski definition) is 0. The molecule has 2 nitrogen and oxygen atoms in total. The van der Waals surface area contributed by atoms with Crippen LogP contribution in [0.4, 0.5) is 0 Å². The fraction of sp³-hybridized carbons (Fsp3) is 0.583. The molecule has 0 bridgehead atoms. The van der Waals surface area contributed by atoms with Gasteiger partial charge < -0.3 is 4.90 Å². The van der Waals surface area contributed by atoms with Gasteiger partial charge in [0.15, 0.2) is 0 Å². The largest absolute Gasteiger partial charge is 0.334 e. The number of alkyl halides is 1. The molecule has 0 fully saturated rings. The third-order valence-corrected chi connectivity index (χ3v) is 4.46. The van der Waals surface area contributed by atoms with Gasteiger partial charge >= 0.3 is 0 Å². The average molecular weight is 339 g/mol. The number of hydrogen-bond acceptors (Lipinski definition) is 2. The summed E-state index contributed by atoms with van der Waals surface area (Å²) in [6, 6.07) is 2.15. The van der Waals surface area contributed by atoms with Gasteiger partial charge in [-0.3, -0.25) is 4.79 Å². The summed E-state index contributed by atoms with van der Waals surface area (Å²) in [6.45, 7) is 4.82. The molecule has 0 radical (unpaired) electrons. The number of amides is 1. The second kappa shape index (κ2) is 7.39. The minimum Gasteiger partial charge on any atom is -0.334 e. The molecule has 0 N–H and O–H groups in total. The van der Waals surface area contributed by atoms with Crippen molar-refractivity contribution in [2.24, 2.45) is 0 Å². The van der Waals surface area contributed by atoms with E-state index in [0.717, 1.165) is 22.2 Å². The number of rotatable bonds is 6. The fourth-order valence-corrected chi connectivity index (χ4v) is 3.17. The van der Waals surface area contributed by atoms with E-state index in [1.54, 1.807) is 0 Å². The van der Waals surface area contributed by atoms with Crippen molar-refractivity contribution in [2.45, 2.75) is 32.7 Å². The van der Waals surface area contributed by atoms with Crippen molar-refractivity contribution in [2.75, 3.05) is 12.4 Å². The Morgan fingerprint density at radius 1 is 1.53 bits per heavy atom. The van der Waals surface area contributed by atoms with Crippen molar-refractivity contribution in [1.82, 2.24) is 4.90 Å². The fourth-order valence-electron chi connectivity index (χ4n) is 1.86. The SMILES string of the molecule is CCC(CC)N(CCCl)C(=O)c1csc(Br)c1. The van der Waals surface area contributed by atoms with Crippen molar-refractivity contribution in [3.05, 3.63) is 20.8 Å². The first-order valence-electron chi connectivity index (χ1n) is 5.74. The third-order valence-electron chi connectivity index (χ3n) is 2.78. The van der Waals surface area contributed by atoms with Crippen molar-refractivity contribution >= 4 is 44.8 Å². The van der Waals surface area contributed by atoms with Gasteiger partial charge in [0.2, 0.25) is 0 Å². The van der Waals surface area contributed by atoms with Crippen LogP contribution in [0.2, 0.25) is 0 Å². The summed E-state index contributed by atoms with van der Waals surface area (Å²) in [5.41, 5.74) is 0.749. The van der Waals surface area contributed by atoms with Gasteiger partial charge in [0.05, 0.1) is 9.35 Å². The molecule has 0 aliphatic heterocycles. The maximum absolute atomic E-state index is 12.4. The van der Waals surface area contributed by atoms with Crippen LogP contribution in [0.25, 0.3) is 0 Å². The van der Waals surface area contributed by atoms with Crippen LogP contribution in [0.15, 0.2) is 15.2 Å². The molecule has 17 heavy (non-hydrogen) atoms. The Bertz CT molecular complexity index is 365. The molecule has 1 aromatic heterocycles. The zero-order chi connectivity index (χ0) is 12.8. The first-order valence-corrected chi connectivity index (χ1v) is 7.95. The normalized spacial score (nSPS) is 10.9. The summed E-state index contributed by atoms with van der Waals surface area (Å²) in [4.78, 5) is 14.3. The molecule has 0 spiro atoms. The highest BCUT2D eigenvalue weighted by atomic mass is 79.9. The Hall–Kier alpha value is -0.0600. The summed E-state index contributed by atoms with van der Waals surface area (Å²) >= 11 is 10.7. The maximum Gasteiger partial charge on any atom is 0.255 e. The van der Waals surface area contributed by atoms with Crippen molar-refractivity contribution < 1.29 is 4.79 Å². The Labute approximate surface area is 120 Å². The second-order valence-corrected chi connectivity index (χ2v) is 6.47. The molecule has 5 heteroatoms. The quantitative estimate of drug-likeness (QED) is 0.705.